The Kier molecular flexibility index (Phi) is 6.63. The number of hydrogen-bond donors (Lipinski definition) is 5. The summed E-state index contributed by atoms with van der Waals surface area (Å²) in [5.41, 5.74) is 2.29. The SMILES string of the molecule is O=C(Nc1ccc(-c2nc(NCCO)cc(C3(S(=O)(=O)C4CCCC4)CC3)n2)cc1)Nc1cn[nH]c1. The van der Waals surface area contributed by atoms with Gasteiger partial charge in [0.25, 0.3) is 0 Å². The molecule has 0 saturated heterocycles. The zero-order valence-corrected chi connectivity index (χ0v) is 20.5. The van der Waals surface area contributed by atoms with Crippen LogP contribution in [0.2, 0.25) is 0 Å². The minimum Gasteiger partial charge on any atom is -0.395 e. The third-order valence-electron chi connectivity index (χ3n) is 6.76. The first-order valence-corrected chi connectivity index (χ1v) is 13.6. The number of rotatable bonds is 9. The van der Waals surface area contributed by atoms with Gasteiger partial charge in [-0.2, -0.15) is 5.10 Å². The van der Waals surface area contributed by atoms with Gasteiger partial charge in [-0.15, -0.1) is 0 Å². The van der Waals surface area contributed by atoms with Gasteiger partial charge >= 0.3 is 6.03 Å². The predicted molar refractivity (Wildman–Crippen MR) is 136 cm³/mol. The van der Waals surface area contributed by atoms with Gasteiger partial charge in [-0.25, -0.2) is 23.2 Å². The highest BCUT2D eigenvalue weighted by atomic mass is 32.2. The normalized spacial score (nSPS) is 17.0. The number of sulfone groups is 1. The van der Waals surface area contributed by atoms with Gasteiger partial charge in [0.2, 0.25) is 0 Å². The average Bonchev–Trinajstić information content (AvgIpc) is 3.25. The van der Waals surface area contributed by atoms with Crippen LogP contribution in [0, 0.1) is 0 Å². The number of aliphatic hydroxyl groups excluding tert-OH is 1. The Bertz CT molecular complexity index is 1320. The molecule has 5 rings (SSSR count). The molecule has 2 heterocycles. The number of carbonyl (C=O) groups excluding carboxylic acids is 1. The van der Waals surface area contributed by atoms with Crippen LogP contribution in [-0.2, 0) is 14.6 Å². The van der Waals surface area contributed by atoms with Crippen LogP contribution in [0.15, 0.2) is 42.7 Å². The fourth-order valence-corrected chi connectivity index (χ4v) is 7.38. The first-order valence-electron chi connectivity index (χ1n) is 12.1. The summed E-state index contributed by atoms with van der Waals surface area (Å²) in [6, 6.07) is 8.29. The molecule has 2 fully saturated rings. The number of aromatic nitrogens is 4. The second-order valence-electron chi connectivity index (χ2n) is 9.20. The number of nitrogens with zero attached hydrogens (tertiary/aromatic N) is 3. The Labute approximate surface area is 209 Å². The second-order valence-corrected chi connectivity index (χ2v) is 11.7. The number of benzene rings is 1. The number of anilines is 3. The van der Waals surface area contributed by atoms with Crippen LogP contribution in [-0.4, -0.2) is 58.1 Å². The van der Waals surface area contributed by atoms with Crippen LogP contribution >= 0.6 is 0 Å². The average molecular weight is 512 g/mol. The molecule has 0 atom stereocenters. The molecule has 190 valence electrons. The lowest BCUT2D eigenvalue weighted by Gasteiger charge is -2.22. The lowest BCUT2D eigenvalue weighted by atomic mass is 10.1. The van der Waals surface area contributed by atoms with Gasteiger partial charge < -0.3 is 21.1 Å². The van der Waals surface area contributed by atoms with Crippen LogP contribution in [0.5, 0.6) is 0 Å². The van der Waals surface area contributed by atoms with Crippen LogP contribution in [0.3, 0.4) is 0 Å². The topological polar surface area (TPSA) is 162 Å². The molecule has 1 aromatic carbocycles. The fourth-order valence-electron chi connectivity index (χ4n) is 4.72. The van der Waals surface area contributed by atoms with E-state index in [2.05, 4.69) is 31.1 Å². The van der Waals surface area contributed by atoms with Crippen molar-refractivity contribution in [1.29, 1.82) is 0 Å². The third-order valence-corrected chi connectivity index (χ3v) is 9.81. The minimum atomic E-state index is -3.39. The number of nitrogens with one attached hydrogen (secondary N) is 4. The minimum absolute atomic E-state index is 0.0819. The summed E-state index contributed by atoms with van der Waals surface area (Å²) in [5.74, 6) is 0.855. The van der Waals surface area contributed by atoms with Crippen LogP contribution in [0.1, 0.15) is 44.2 Å². The van der Waals surface area contributed by atoms with Gasteiger partial charge in [0, 0.05) is 30.1 Å². The predicted octanol–water partition coefficient (Wildman–Crippen LogP) is 3.26. The maximum absolute atomic E-state index is 13.6. The number of aromatic amines is 1. The molecule has 0 spiro atoms. The Balaban J connectivity index is 1.41. The Hall–Kier alpha value is -3.51. The van der Waals surface area contributed by atoms with Gasteiger partial charge in [-0.1, -0.05) is 12.8 Å². The smallest absolute Gasteiger partial charge is 0.323 e. The fraction of sp³-hybridized carbons (Fsp3) is 0.417. The quantitative estimate of drug-likeness (QED) is 0.292. The highest BCUT2D eigenvalue weighted by molar-refractivity contribution is 7.93. The van der Waals surface area contributed by atoms with E-state index in [0.29, 0.717) is 60.0 Å². The largest absolute Gasteiger partial charge is 0.395 e. The number of aliphatic hydroxyl groups is 1. The molecule has 0 radical (unpaired) electrons. The molecule has 2 aliphatic carbocycles. The molecule has 5 N–H and O–H groups in total. The van der Waals surface area contributed by atoms with Crippen LogP contribution in [0.25, 0.3) is 11.4 Å². The Morgan fingerprint density at radius 3 is 2.44 bits per heavy atom. The molecule has 2 aromatic heterocycles. The second kappa shape index (κ2) is 9.86. The standard InChI is InChI=1S/C24H29N7O4S/c32-12-11-25-21-13-20(24(9-10-24)36(34,35)19-3-1-2-4-19)30-22(31-21)16-5-7-17(8-6-16)28-23(33)29-18-14-26-27-15-18/h5-8,13-15,19,32H,1-4,9-12H2,(H,26,27)(H,25,30,31)(H2,28,29,33). The van der Waals surface area contributed by atoms with E-state index in [1.54, 1.807) is 36.5 Å². The van der Waals surface area contributed by atoms with Crippen molar-refractivity contribution in [2.75, 3.05) is 29.1 Å². The molecule has 36 heavy (non-hydrogen) atoms. The van der Waals surface area contributed by atoms with Gasteiger partial charge in [-0.3, -0.25) is 5.10 Å². The number of hydrogen-bond acceptors (Lipinski definition) is 8. The molecule has 0 unspecified atom stereocenters. The van der Waals surface area contributed by atoms with Gasteiger partial charge in [0.05, 0.1) is 29.4 Å². The summed E-state index contributed by atoms with van der Waals surface area (Å²) in [6.07, 6.45) is 7.47. The van der Waals surface area contributed by atoms with Crippen molar-refractivity contribution in [2.45, 2.75) is 48.5 Å². The van der Waals surface area contributed by atoms with Crippen molar-refractivity contribution < 1.29 is 18.3 Å². The zero-order valence-electron chi connectivity index (χ0n) is 19.7. The first kappa shape index (κ1) is 24.2. The van der Waals surface area contributed by atoms with Gasteiger partial charge in [-0.05, 0) is 49.9 Å². The lowest BCUT2D eigenvalue weighted by molar-refractivity contribution is 0.262. The molecule has 11 nitrogen and oxygen atoms in total. The van der Waals surface area contributed by atoms with Gasteiger partial charge in [0.15, 0.2) is 15.7 Å². The summed E-state index contributed by atoms with van der Waals surface area (Å²) in [5, 5.41) is 23.8. The van der Waals surface area contributed by atoms with Crippen molar-refractivity contribution in [3.8, 4) is 11.4 Å². The van der Waals surface area contributed by atoms with Crippen molar-refractivity contribution in [3.05, 3.63) is 48.4 Å². The van der Waals surface area contributed by atoms with E-state index >= 15 is 0 Å². The number of carbonyl (C=O) groups is 1. The Morgan fingerprint density at radius 2 is 1.81 bits per heavy atom. The van der Waals surface area contributed by atoms with E-state index < -0.39 is 20.6 Å². The Morgan fingerprint density at radius 1 is 1.08 bits per heavy atom. The highest BCUT2D eigenvalue weighted by Crippen LogP contribution is 2.55. The monoisotopic (exact) mass is 511 g/mol. The summed E-state index contributed by atoms with van der Waals surface area (Å²) < 4.78 is 26.2. The number of amides is 2. The van der Waals surface area contributed by atoms with Crippen molar-refractivity contribution >= 4 is 33.1 Å². The van der Waals surface area contributed by atoms with Crippen molar-refractivity contribution in [1.82, 2.24) is 20.2 Å². The van der Waals surface area contributed by atoms with Crippen molar-refractivity contribution in [3.63, 3.8) is 0 Å². The molecular formula is C24H29N7O4S. The number of urea groups is 1. The first-order chi connectivity index (χ1) is 17.4. The van der Waals surface area contributed by atoms with E-state index in [1.807, 2.05) is 0 Å². The summed E-state index contributed by atoms with van der Waals surface area (Å²) in [7, 11) is -3.39. The zero-order chi connectivity index (χ0) is 25.2. The van der Waals surface area contributed by atoms with Crippen LogP contribution < -0.4 is 16.0 Å². The molecule has 0 aliphatic heterocycles. The maximum Gasteiger partial charge on any atom is 0.323 e. The van der Waals surface area contributed by atoms with E-state index in [1.165, 1.54) is 6.20 Å². The summed E-state index contributed by atoms with van der Waals surface area (Å²) in [4.78, 5) is 21.5. The summed E-state index contributed by atoms with van der Waals surface area (Å²) in [6.45, 7) is 0.203. The van der Waals surface area contributed by atoms with E-state index in [0.717, 1.165) is 12.8 Å². The molecule has 2 aliphatic rings. The molecule has 12 heteroatoms. The summed E-state index contributed by atoms with van der Waals surface area (Å²) >= 11 is 0. The maximum atomic E-state index is 13.6. The lowest BCUT2D eigenvalue weighted by Crippen LogP contribution is -2.31. The molecule has 0 bridgehead atoms. The number of H-pyrrole nitrogens is 1. The molecular weight excluding hydrogens is 482 g/mol. The van der Waals surface area contributed by atoms with Crippen molar-refractivity contribution in [2.24, 2.45) is 0 Å². The van der Waals surface area contributed by atoms with E-state index in [4.69, 9.17) is 4.98 Å². The van der Waals surface area contributed by atoms with E-state index in [9.17, 15) is 18.3 Å². The van der Waals surface area contributed by atoms with E-state index in [-0.39, 0.29) is 18.4 Å². The highest BCUT2D eigenvalue weighted by Gasteiger charge is 2.59. The van der Waals surface area contributed by atoms with Gasteiger partial charge in [0.1, 0.15) is 10.6 Å². The molecule has 2 amide bonds. The van der Waals surface area contributed by atoms with Crippen LogP contribution in [0.4, 0.5) is 22.0 Å². The molecule has 2 saturated carbocycles. The third kappa shape index (κ3) is 4.78. The molecule has 3 aromatic rings.